The van der Waals surface area contributed by atoms with Gasteiger partial charge in [-0.15, -0.1) is 0 Å². The Balaban J connectivity index is 1.69. The highest BCUT2D eigenvalue weighted by molar-refractivity contribution is 5.90. The van der Waals surface area contributed by atoms with Crippen LogP contribution in [-0.4, -0.2) is 94.5 Å². The largest absolute Gasteiger partial charge is 0.459 e. The third-order valence-electron chi connectivity index (χ3n) is 11.8. The Morgan fingerprint density at radius 1 is 0.792 bits per heavy atom. The van der Waals surface area contributed by atoms with E-state index in [4.69, 9.17) is 28.4 Å². The minimum absolute atomic E-state index is 0.0632. The first-order valence-electron chi connectivity index (χ1n) is 17.7. The molecule has 2 aromatic carbocycles. The van der Waals surface area contributed by atoms with E-state index in [1.165, 1.54) is 27.7 Å². The Labute approximate surface area is 307 Å². The van der Waals surface area contributed by atoms with Crippen LogP contribution in [0, 0.1) is 16.7 Å². The average molecular weight is 735 g/mol. The molecule has 2 saturated carbocycles. The van der Waals surface area contributed by atoms with Crippen LogP contribution in [0.4, 0.5) is 0 Å². The Morgan fingerprint density at radius 3 is 1.81 bits per heavy atom. The van der Waals surface area contributed by atoms with Gasteiger partial charge in [-0.3, -0.25) is 14.4 Å². The summed E-state index contributed by atoms with van der Waals surface area (Å²) in [4.78, 5) is 66.8. The summed E-state index contributed by atoms with van der Waals surface area (Å²) < 4.78 is 37.1. The normalized spacial score (nSPS) is 34.5. The van der Waals surface area contributed by atoms with E-state index in [9.17, 15) is 34.2 Å². The van der Waals surface area contributed by atoms with Gasteiger partial charge in [-0.05, 0) is 56.2 Å². The molecule has 2 aromatic rings. The predicted octanol–water partition coefficient (Wildman–Crippen LogP) is 3.88. The number of carbonyl (C=O) groups is 5. The predicted molar refractivity (Wildman–Crippen MR) is 185 cm³/mol. The van der Waals surface area contributed by atoms with Crippen LogP contribution in [0.15, 0.2) is 71.8 Å². The van der Waals surface area contributed by atoms with E-state index in [1.807, 2.05) is 0 Å². The Morgan fingerprint density at radius 2 is 1.34 bits per heavy atom. The van der Waals surface area contributed by atoms with Gasteiger partial charge in [0.05, 0.1) is 40.1 Å². The fourth-order valence-corrected chi connectivity index (χ4v) is 9.59. The quantitative estimate of drug-likeness (QED) is 0.227. The van der Waals surface area contributed by atoms with Crippen molar-refractivity contribution in [1.82, 2.24) is 0 Å². The van der Waals surface area contributed by atoms with Gasteiger partial charge in [0.2, 0.25) is 0 Å². The summed E-state index contributed by atoms with van der Waals surface area (Å²) in [6, 6.07) is 16.3. The maximum Gasteiger partial charge on any atom is 0.338 e. The smallest absolute Gasteiger partial charge is 0.338 e. The minimum atomic E-state index is -1.88. The molecule has 13 nitrogen and oxygen atoms in total. The average Bonchev–Trinajstić information content (AvgIpc) is 3.35. The van der Waals surface area contributed by atoms with E-state index in [0.717, 1.165) is 6.92 Å². The number of esters is 5. The van der Waals surface area contributed by atoms with Crippen LogP contribution in [0.1, 0.15) is 82.0 Å². The second-order valence-corrected chi connectivity index (χ2v) is 15.3. The summed E-state index contributed by atoms with van der Waals surface area (Å²) in [6.45, 7) is 9.64. The monoisotopic (exact) mass is 734 g/mol. The summed E-state index contributed by atoms with van der Waals surface area (Å²) in [5, 5.41) is 25.3. The summed E-state index contributed by atoms with van der Waals surface area (Å²) >= 11 is 0. The highest BCUT2D eigenvalue weighted by Crippen LogP contribution is 2.68. The van der Waals surface area contributed by atoms with Crippen molar-refractivity contribution in [2.75, 3.05) is 6.61 Å². The molecule has 4 aliphatic rings. The molecule has 10 atom stereocenters. The van der Waals surface area contributed by atoms with E-state index in [1.54, 1.807) is 74.5 Å². The van der Waals surface area contributed by atoms with E-state index in [-0.39, 0.29) is 36.1 Å². The lowest BCUT2D eigenvalue weighted by Gasteiger charge is -2.65. The number of fused-ring (bicyclic) bond motifs is 4. The Bertz CT molecular complexity index is 1820. The molecule has 3 aliphatic carbocycles. The molecule has 6 rings (SSSR count). The molecule has 1 saturated heterocycles. The molecular weight excluding hydrogens is 688 g/mol. The molecule has 0 aromatic heterocycles. The molecule has 0 spiro atoms. The maximum absolute atomic E-state index is 14.3. The molecule has 13 heteroatoms. The number of benzene rings is 2. The fourth-order valence-electron chi connectivity index (χ4n) is 9.59. The molecular formula is C40H46O13. The van der Waals surface area contributed by atoms with Crippen LogP contribution in [-0.2, 0) is 42.8 Å². The second-order valence-electron chi connectivity index (χ2n) is 15.3. The molecule has 3 fully saturated rings. The van der Waals surface area contributed by atoms with Crippen molar-refractivity contribution >= 4 is 29.8 Å². The second kappa shape index (κ2) is 13.7. The third kappa shape index (κ3) is 6.12. The zero-order valence-electron chi connectivity index (χ0n) is 30.8. The summed E-state index contributed by atoms with van der Waals surface area (Å²) in [5.41, 5.74) is -6.15. The summed E-state index contributed by atoms with van der Waals surface area (Å²) in [6.07, 6.45) is -8.24. The van der Waals surface area contributed by atoms with Gasteiger partial charge < -0.3 is 38.6 Å². The lowest BCUT2D eigenvalue weighted by atomic mass is 9.49. The number of carbonyl (C=O) groups excluding carboxylic acids is 5. The van der Waals surface area contributed by atoms with Gasteiger partial charge >= 0.3 is 29.8 Å². The number of rotatable bonds is 8. The standard InChI is InChI=1S/C40H46O13/c1-21-27(49-22(2)41)19-39(37(5,6)47)30(21)31(44)33(50-23(3)42)38(7)28(51-35(45)25-14-10-8-11-15-25)18-29-40(20-48-29,53-24(4)43)32(38)34(39)52-36(46)26-16-12-9-13-17-26/h8-17,27-29,31-34,44,47H,18-20H2,1-7H3/t27-,28-,29+,31+,32+,33-,34-,38+,39-,40-/m0/s1. The highest BCUT2D eigenvalue weighted by Gasteiger charge is 2.80. The first kappa shape index (κ1) is 38.1. The molecule has 0 radical (unpaired) electrons. The van der Waals surface area contributed by atoms with E-state index < -0.39 is 94.4 Å². The van der Waals surface area contributed by atoms with E-state index in [2.05, 4.69) is 0 Å². The summed E-state index contributed by atoms with van der Waals surface area (Å²) in [5.74, 6) is -4.96. The zero-order valence-corrected chi connectivity index (χ0v) is 30.8. The van der Waals surface area contributed by atoms with Crippen LogP contribution in [0.2, 0.25) is 0 Å². The molecule has 1 aliphatic heterocycles. The number of aliphatic hydroxyl groups excluding tert-OH is 1. The van der Waals surface area contributed by atoms with Crippen molar-refractivity contribution in [3.8, 4) is 0 Å². The van der Waals surface area contributed by atoms with Crippen molar-refractivity contribution in [3.63, 3.8) is 0 Å². The summed E-state index contributed by atoms with van der Waals surface area (Å²) in [7, 11) is 0. The maximum atomic E-state index is 14.3. The number of hydrogen-bond donors (Lipinski definition) is 2. The van der Waals surface area contributed by atoms with Gasteiger partial charge in [0, 0.05) is 33.6 Å². The first-order valence-corrected chi connectivity index (χ1v) is 17.7. The van der Waals surface area contributed by atoms with Gasteiger partial charge in [-0.1, -0.05) is 43.3 Å². The topological polar surface area (TPSA) is 181 Å². The van der Waals surface area contributed by atoms with E-state index in [0.29, 0.717) is 5.57 Å². The van der Waals surface area contributed by atoms with Crippen molar-refractivity contribution in [3.05, 3.63) is 82.9 Å². The van der Waals surface area contributed by atoms with E-state index >= 15 is 0 Å². The Hall–Kier alpha value is -4.59. The third-order valence-corrected chi connectivity index (χ3v) is 11.8. The van der Waals surface area contributed by atoms with Crippen LogP contribution in [0.3, 0.4) is 0 Å². The van der Waals surface area contributed by atoms with Crippen molar-refractivity contribution in [1.29, 1.82) is 0 Å². The van der Waals surface area contributed by atoms with Gasteiger partial charge in [0.15, 0.2) is 5.60 Å². The molecule has 53 heavy (non-hydrogen) atoms. The highest BCUT2D eigenvalue weighted by atomic mass is 16.6. The van der Waals surface area contributed by atoms with Gasteiger partial charge in [-0.25, -0.2) is 9.59 Å². The lowest BCUT2D eigenvalue weighted by molar-refractivity contribution is -0.350. The van der Waals surface area contributed by atoms with Gasteiger partial charge in [-0.2, -0.15) is 0 Å². The fraction of sp³-hybridized carbons (Fsp3) is 0.525. The van der Waals surface area contributed by atoms with Crippen molar-refractivity contribution in [2.45, 2.75) is 109 Å². The molecule has 0 bridgehead atoms. The van der Waals surface area contributed by atoms with Crippen LogP contribution < -0.4 is 0 Å². The molecule has 0 unspecified atom stereocenters. The van der Waals surface area contributed by atoms with Crippen LogP contribution in [0.25, 0.3) is 0 Å². The lowest BCUT2D eigenvalue weighted by Crippen LogP contribution is -2.79. The van der Waals surface area contributed by atoms with Crippen molar-refractivity contribution in [2.24, 2.45) is 16.7 Å². The molecule has 2 N–H and O–H groups in total. The van der Waals surface area contributed by atoms with Gasteiger partial charge in [0.1, 0.15) is 36.6 Å². The first-order chi connectivity index (χ1) is 24.9. The molecule has 0 amide bonds. The van der Waals surface area contributed by atoms with Crippen molar-refractivity contribution < 1.29 is 62.6 Å². The molecule has 284 valence electrons. The number of aliphatic hydroxyl groups is 2. The van der Waals surface area contributed by atoms with Crippen LogP contribution in [0.5, 0.6) is 0 Å². The van der Waals surface area contributed by atoms with Gasteiger partial charge in [0.25, 0.3) is 0 Å². The molecule has 1 heterocycles. The van der Waals surface area contributed by atoms with Crippen LogP contribution >= 0.6 is 0 Å². The number of ether oxygens (including phenoxy) is 6. The Kier molecular flexibility index (Phi) is 9.84. The SMILES string of the molecule is CC(=O)O[C@H]1C[C@]2(C(C)(C)O)C(=C1C)[C@@H](O)[C@H](OC(C)=O)[C@]1(C)[C@@H](OC(=O)c3ccccc3)C[C@H]3OC[C@@]3(OC(C)=O)[C@@H]1[C@@H]2OC(=O)c1ccccc1. The zero-order chi connectivity index (χ0) is 38.7. The number of hydrogen-bond acceptors (Lipinski definition) is 13. The minimum Gasteiger partial charge on any atom is -0.459 e.